The molecule has 0 bridgehead atoms. The SMILES string of the molecule is CCc1nc2sc(C(C)C)nn2c1S(=O)(=O)N1CCCCC1. The number of aromatic nitrogens is 3. The first kappa shape index (κ1) is 15.9. The number of piperidine rings is 1. The van der Waals surface area contributed by atoms with Crippen molar-refractivity contribution >= 4 is 26.3 Å². The van der Waals surface area contributed by atoms with E-state index in [0.29, 0.717) is 30.2 Å². The third-order valence-corrected chi connectivity index (χ3v) is 7.12. The second kappa shape index (κ2) is 5.90. The number of imidazole rings is 1. The fraction of sp³-hybridized carbons (Fsp3) is 0.714. The number of aryl methyl sites for hydroxylation is 1. The minimum absolute atomic E-state index is 0.266. The van der Waals surface area contributed by atoms with Crippen molar-refractivity contribution in [2.24, 2.45) is 0 Å². The summed E-state index contributed by atoms with van der Waals surface area (Å²) in [5.74, 6) is 0.266. The monoisotopic (exact) mass is 342 g/mol. The van der Waals surface area contributed by atoms with Crippen molar-refractivity contribution in [2.75, 3.05) is 13.1 Å². The Morgan fingerprint density at radius 1 is 1.23 bits per heavy atom. The van der Waals surface area contributed by atoms with Gasteiger partial charge in [0.05, 0.1) is 5.69 Å². The lowest BCUT2D eigenvalue weighted by atomic mass is 10.2. The molecule has 0 N–H and O–H groups in total. The predicted octanol–water partition coefficient (Wildman–Crippen LogP) is 2.65. The van der Waals surface area contributed by atoms with E-state index in [-0.39, 0.29) is 10.9 Å². The highest BCUT2D eigenvalue weighted by Gasteiger charge is 2.33. The zero-order chi connectivity index (χ0) is 15.9. The van der Waals surface area contributed by atoms with Gasteiger partial charge in [0.25, 0.3) is 10.0 Å². The van der Waals surface area contributed by atoms with E-state index in [1.807, 2.05) is 6.92 Å². The van der Waals surface area contributed by atoms with Crippen LogP contribution in [0.15, 0.2) is 5.03 Å². The molecule has 0 spiro atoms. The molecule has 22 heavy (non-hydrogen) atoms. The van der Waals surface area contributed by atoms with Crippen molar-refractivity contribution in [2.45, 2.75) is 57.4 Å². The third kappa shape index (κ3) is 2.57. The molecular weight excluding hydrogens is 320 g/mol. The van der Waals surface area contributed by atoms with E-state index in [1.165, 1.54) is 11.3 Å². The summed E-state index contributed by atoms with van der Waals surface area (Å²) in [5.41, 5.74) is 0.625. The van der Waals surface area contributed by atoms with Crippen molar-refractivity contribution in [3.63, 3.8) is 0 Å². The highest BCUT2D eigenvalue weighted by molar-refractivity contribution is 7.89. The van der Waals surface area contributed by atoms with Gasteiger partial charge in [0, 0.05) is 19.0 Å². The van der Waals surface area contributed by atoms with Crippen LogP contribution in [0, 0.1) is 0 Å². The first-order valence-corrected chi connectivity index (χ1v) is 10.1. The van der Waals surface area contributed by atoms with Crippen molar-refractivity contribution < 1.29 is 8.42 Å². The highest BCUT2D eigenvalue weighted by atomic mass is 32.2. The first-order valence-electron chi connectivity index (χ1n) is 7.83. The second-order valence-corrected chi connectivity index (χ2v) is 8.81. The van der Waals surface area contributed by atoms with Gasteiger partial charge >= 0.3 is 0 Å². The fourth-order valence-electron chi connectivity index (χ4n) is 2.74. The topological polar surface area (TPSA) is 67.6 Å². The maximum absolute atomic E-state index is 13.1. The summed E-state index contributed by atoms with van der Waals surface area (Å²) in [6, 6.07) is 0. The van der Waals surface area contributed by atoms with Gasteiger partial charge in [-0.15, -0.1) is 0 Å². The Labute approximate surface area is 135 Å². The van der Waals surface area contributed by atoms with Crippen molar-refractivity contribution in [3.05, 3.63) is 10.7 Å². The van der Waals surface area contributed by atoms with Crippen molar-refractivity contribution in [1.82, 2.24) is 18.9 Å². The smallest absolute Gasteiger partial charge is 0.221 e. The van der Waals surface area contributed by atoms with Crippen LogP contribution in [0.5, 0.6) is 0 Å². The molecule has 3 rings (SSSR count). The van der Waals surface area contributed by atoms with Gasteiger partial charge in [-0.25, -0.2) is 13.4 Å². The number of nitrogens with zero attached hydrogens (tertiary/aromatic N) is 4. The van der Waals surface area contributed by atoms with Crippen LogP contribution in [0.2, 0.25) is 0 Å². The zero-order valence-electron chi connectivity index (χ0n) is 13.2. The van der Waals surface area contributed by atoms with Crippen LogP contribution in [0.3, 0.4) is 0 Å². The molecule has 0 amide bonds. The lowest BCUT2D eigenvalue weighted by Crippen LogP contribution is -2.36. The van der Waals surface area contributed by atoms with Crippen LogP contribution >= 0.6 is 11.3 Å². The Morgan fingerprint density at radius 2 is 1.91 bits per heavy atom. The largest absolute Gasteiger partial charge is 0.262 e. The molecule has 122 valence electrons. The van der Waals surface area contributed by atoms with E-state index in [4.69, 9.17) is 0 Å². The summed E-state index contributed by atoms with van der Waals surface area (Å²) in [6.45, 7) is 7.24. The minimum Gasteiger partial charge on any atom is -0.221 e. The van der Waals surface area contributed by atoms with Gasteiger partial charge in [0.2, 0.25) is 4.96 Å². The van der Waals surface area contributed by atoms with Gasteiger partial charge in [-0.05, 0) is 19.3 Å². The van der Waals surface area contributed by atoms with Gasteiger partial charge < -0.3 is 0 Å². The highest BCUT2D eigenvalue weighted by Crippen LogP contribution is 2.29. The summed E-state index contributed by atoms with van der Waals surface area (Å²) in [4.78, 5) is 5.19. The summed E-state index contributed by atoms with van der Waals surface area (Å²) in [5, 5.41) is 5.70. The molecule has 0 aromatic carbocycles. The Morgan fingerprint density at radius 3 is 2.50 bits per heavy atom. The van der Waals surface area contributed by atoms with Gasteiger partial charge in [0.1, 0.15) is 5.01 Å². The van der Waals surface area contributed by atoms with Crippen molar-refractivity contribution in [1.29, 1.82) is 0 Å². The Hall–Kier alpha value is -0.990. The van der Waals surface area contributed by atoms with Crippen LogP contribution in [0.4, 0.5) is 0 Å². The molecule has 1 aliphatic heterocycles. The predicted molar refractivity (Wildman–Crippen MR) is 86.9 cm³/mol. The number of sulfonamides is 1. The molecule has 0 atom stereocenters. The lowest BCUT2D eigenvalue weighted by Gasteiger charge is -2.25. The van der Waals surface area contributed by atoms with E-state index in [1.54, 1.807) is 8.82 Å². The quantitative estimate of drug-likeness (QED) is 0.856. The van der Waals surface area contributed by atoms with E-state index in [9.17, 15) is 8.42 Å². The van der Waals surface area contributed by atoms with Crippen LogP contribution in [0.25, 0.3) is 4.96 Å². The molecule has 8 heteroatoms. The fourth-order valence-corrected chi connectivity index (χ4v) is 5.53. The van der Waals surface area contributed by atoms with Crippen LogP contribution < -0.4 is 0 Å². The Balaban J connectivity index is 2.14. The van der Waals surface area contributed by atoms with Gasteiger partial charge in [-0.2, -0.15) is 13.9 Å². The third-order valence-electron chi connectivity index (χ3n) is 3.97. The molecule has 6 nitrogen and oxygen atoms in total. The van der Waals surface area contributed by atoms with E-state index in [2.05, 4.69) is 23.9 Å². The zero-order valence-corrected chi connectivity index (χ0v) is 14.9. The summed E-state index contributed by atoms with van der Waals surface area (Å²) < 4.78 is 29.2. The Bertz CT molecular complexity index is 770. The molecule has 0 radical (unpaired) electrons. The van der Waals surface area contributed by atoms with Gasteiger partial charge in [0.15, 0.2) is 5.03 Å². The molecule has 1 aliphatic rings. The summed E-state index contributed by atoms with van der Waals surface area (Å²) in [7, 11) is -3.52. The maximum Gasteiger partial charge on any atom is 0.262 e. The number of hydrogen-bond acceptors (Lipinski definition) is 5. The normalized spacial score (nSPS) is 17.6. The molecule has 1 saturated heterocycles. The number of hydrogen-bond donors (Lipinski definition) is 0. The van der Waals surface area contributed by atoms with E-state index < -0.39 is 10.0 Å². The second-order valence-electron chi connectivity index (χ2n) is 5.97. The average molecular weight is 342 g/mol. The minimum atomic E-state index is -3.52. The molecule has 2 aromatic heterocycles. The van der Waals surface area contributed by atoms with Crippen LogP contribution in [-0.2, 0) is 16.4 Å². The Kier molecular flexibility index (Phi) is 4.26. The maximum atomic E-state index is 13.1. The van der Waals surface area contributed by atoms with Crippen molar-refractivity contribution in [3.8, 4) is 0 Å². The molecular formula is C14H22N4O2S2. The molecule has 0 aliphatic carbocycles. The molecule has 1 fully saturated rings. The van der Waals surface area contributed by atoms with E-state index >= 15 is 0 Å². The summed E-state index contributed by atoms with van der Waals surface area (Å²) >= 11 is 1.48. The van der Waals surface area contributed by atoms with Gasteiger partial charge in [-0.1, -0.05) is 38.5 Å². The molecule has 2 aromatic rings. The number of fused-ring (bicyclic) bond motifs is 1. The lowest BCUT2D eigenvalue weighted by molar-refractivity contribution is 0.344. The molecule has 3 heterocycles. The average Bonchev–Trinajstić information content (AvgIpc) is 3.04. The standard InChI is InChI=1S/C14H22N4O2S2/c1-4-11-13(22(19,20)17-8-6-5-7-9-17)18-14(15-11)21-12(16-18)10(2)3/h10H,4-9H2,1-3H3. The van der Waals surface area contributed by atoms with E-state index in [0.717, 1.165) is 24.3 Å². The summed E-state index contributed by atoms with van der Waals surface area (Å²) in [6.07, 6.45) is 3.55. The van der Waals surface area contributed by atoms with Crippen LogP contribution in [0.1, 0.15) is 56.7 Å². The first-order chi connectivity index (χ1) is 10.4. The number of rotatable bonds is 4. The van der Waals surface area contributed by atoms with Gasteiger partial charge in [-0.3, -0.25) is 0 Å². The van der Waals surface area contributed by atoms with Crippen LogP contribution in [-0.4, -0.2) is 40.4 Å². The molecule has 0 unspecified atom stereocenters. The molecule has 0 saturated carbocycles.